The molecule has 1 saturated heterocycles. The Morgan fingerprint density at radius 2 is 1.70 bits per heavy atom. The molecule has 1 aliphatic heterocycles. The average Bonchev–Trinajstić information content (AvgIpc) is 2.98. The van der Waals surface area contributed by atoms with E-state index in [1.54, 1.807) is 30.3 Å². The summed E-state index contributed by atoms with van der Waals surface area (Å²) in [6.07, 6.45) is -2.07. The van der Waals surface area contributed by atoms with Gasteiger partial charge < -0.3 is 5.32 Å². The number of fused-ring (bicyclic) bond motifs is 1. The van der Waals surface area contributed by atoms with E-state index in [1.807, 2.05) is 12.1 Å². The van der Waals surface area contributed by atoms with E-state index in [4.69, 9.17) is 0 Å². The summed E-state index contributed by atoms with van der Waals surface area (Å²) in [5.41, 5.74) is 2.76. The number of aryl methyl sites for hydroxylation is 1. The molecule has 2 N–H and O–H groups in total. The molecule has 0 radical (unpaired) electrons. The van der Waals surface area contributed by atoms with E-state index in [1.165, 1.54) is 0 Å². The zero-order chi connectivity index (χ0) is 30.6. The number of hydrogen-bond donors (Lipinski definition) is 2. The van der Waals surface area contributed by atoms with Crippen molar-refractivity contribution in [3.8, 4) is 0 Å². The van der Waals surface area contributed by atoms with Crippen LogP contribution in [0.1, 0.15) is 72.0 Å². The molecular formula is C32H35F4N3O3S. The summed E-state index contributed by atoms with van der Waals surface area (Å²) in [6.45, 7) is 2.22. The van der Waals surface area contributed by atoms with E-state index in [0.29, 0.717) is 24.5 Å². The van der Waals surface area contributed by atoms with Crippen molar-refractivity contribution in [3.05, 3.63) is 101 Å². The Hall–Kier alpha value is -3.28. The molecule has 0 spiro atoms. The lowest BCUT2D eigenvalue weighted by Crippen LogP contribution is -2.36. The van der Waals surface area contributed by atoms with E-state index in [0.717, 1.165) is 73.8 Å². The Bertz CT molecular complexity index is 1520. The van der Waals surface area contributed by atoms with Crippen molar-refractivity contribution in [1.82, 2.24) is 14.9 Å². The van der Waals surface area contributed by atoms with E-state index in [-0.39, 0.29) is 18.4 Å². The lowest BCUT2D eigenvalue weighted by atomic mass is 9.86. The molecule has 2 atom stereocenters. The second-order valence-corrected chi connectivity index (χ2v) is 13.0. The fraction of sp³-hybridized carbons (Fsp3) is 0.406. The van der Waals surface area contributed by atoms with Crippen molar-refractivity contribution in [1.29, 1.82) is 0 Å². The molecule has 0 unspecified atom stereocenters. The van der Waals surface area contributed by atoms with Crippen LogP contribution in [-0.2, 0) is 34.0 Å². The van der Waals surface area contributed by atoms with Crippen LogP contribution in [0.15, 0.2) is 77.7 Å². The van der Waals surface area contributed by atoms with E-state index >= 15 is 0 Å². The van der Waals surface area contributed by atoms with Gasteiger partial charge >= 0.3 is 6.18 Å². The van der Waals surface area contributed by atoms with Crippen LogP contribution in [-0.4, -0.2) is 38.5 Å². The summed E-state index contributed by atoms with van der Waals surface area (Å²) in [4.78, 5) is 15.1. The van der Waals surface area contributed by atoms with Crippen LogP contribution in [0.5, 0.6) is 0 Å². The van der Waals surface area contributed by atoms with Crippen molar-refractivity contribution in [2.24, 2.45) is 0 Å². The molecule has 5 rings (SSSR count). The largest absolute Gasteiger partial charge is 0.416 e. The first-order chi connectivity index (χ1) is 20.5. The second kappa shape index (κ2) is 13.2. The van der Waals surface area contributed by atoms with Gasteiger partial charge in [0.2, 0.25) is 15.9 Å². The first-order valence-electron chi connectivity index (χ1n) is 14.5. The fourth-order valence-electron chi connectivity index (χ4n) is 5.88. The number of nitrogens with zero attached hydrogens (tertiary/aromatic N) is 1. The Kier molecular flexibility index (Phi) is 9.53. The maximum atomic E-state index is 13.5. The number of likely N-dealkylation sites (tertiary alicyclic amines) is 1. The summed E-state index contributed by atoms with van der Waals surface area (Å²) in [5.74, 6) is -0.378. The minimum atomic E-state index is -4.70. The molecule has 3 aromatic carbocycles. The topological polar surface area (TPSA) is 78.5 Å². The number of piperidine rings is 1. The molecule has 0 bridgehead atoms. The van der Waals surface area contributed by atoms with Gasteiger partial charge in [-0.3, -0.25) is 9.69 Å². The third-order valence-electron chi connectivity index (χ3n) is 8.14. The lowest BCUT2D eigenvalue weighted by Gasteiger charge is -2.30. The first kappa shape index (κ1) is 31.2. The van der Waals surface area contributed by atoms with Gasteiger partial charge in [-0.2, -0.15) is 13.2 Å². The molecule has 6 nitrogen and oxygen atoms in total. The minimum Gasteiger partial charge on any atom is -0.349 e. The van der Waals surface area contributed by atoms with Crippen molar-refractivity contribution >= 4 is 15.9 Å². The Balaban J connectivity index is 1.29. The predicted octanol–water partition coefficient (Wildman–Crippen LogP) is 6.24. The van der Waals surface area contributed by atoms with Gasteiger partial charge in [0, 0.05) is 26.1 Å². The Morgan fingerprint density at radius 1 is 0.953 bits per heavy atom. The van der Waals surface area contributed by atoms with E-state index < -0.39 is 38.9 Å². The lowest BCUT2D eigenvalue weighted by molar-refractivity contribution is -0.137. The van der Waals surface area contributed by atoms with Crippen LogP contribution in [0.4, 0.5) is 17.6 Å². The van der Waals surface area contributed by atoms with E-state index in [2.05, 4.69) is 21.0 Å². The number of sulfonamides is 1. The van der Waals surface area contributed by atoms with E-state index in [9.17, 15) is 30.8 Å². The highest BCUT2D eigenvalue weighted by atomic mass is 32.2. The van der Waals surface area contributed by atoms with Gasteiger partial charge in [0.1, 0.15) is 6.17 Å². The molecule has 1 fully saturated rings. The standard InChI is InChI=1S/C32H35F4N3O3S/c33-26-14-16-39(17-15-26)21-22-12-13-28-24(18-22)8-4-11-29(28)37-31(40)20-30(23-6-2-1-3-7-23)38-43(41,42)27-10-5-9-25(19-27)32(34,35)36/h1-3,5-7,9-10,12-13,18-19,26,29-30,38H,4,8,11,14-17,20-21H2,(H,37,40)/t29-,30-/m1/s1. The van der Waals surface area contributed by atoms with Crippen LogP contribution in [0.3, 0.4) is 0 Å². The molecule has 1 aliphatic carbocycles. The molecule has 0 aromatic heterocycles. The summed E-state index contributed by atoms with van der Waals surface area (Å²) in [6, 6.07) is 17.0. The van der Waals surface area contributed by atoms with Crippen LogP contribution >= 0.6 is 0 Å². The fourth-order valence-corrected chi connectivity index (χ4v) is 7.15. The first-order valence-corrected chi connectivity index (χ1v) is 16.0. The number of alkyl halides is 4. The van der Waals surface area contributed by atoms with Gasteiger partial charge in [-0.1, -0.05) is 54.6 Å². The quantitative estimate of drug-likeness (QED) is 0.279. The molecule has 3 aromatic rings. The zero-order valence-electron chi connectivity index (χ0n) is 23.6. The van der Waals surface area contributed by atoms with Crippen molar-refractivity contribution in [3.63, 3.8) is 0 Å². The highest BCUT2D eigenvalue weighted by Crippen LogP contribution is 2.33. The molecule has 1 heterocycles. The van der Waals surface area contributed by atoms with Gasteiger partial charge in [0.25, 0.3) is 0 Å². The van der Waals surface area contributed by atoms with Gasteiger partial charge in [-0.15, -0.1) is 0 Å². The molecule has 0 saturated carbocycles. The summed E-state index contributed by atoms with van der Waals surface area (Å²) in [5, 5.41) is 3.06. The Morgan fingerprint density at radius 3 is 2.42 bits per heavy atom. The number of amides is 1. The number of nitrogens with one attached hydrogen (secondary N) is 2. The molecule has 1 amide bonds. The molecular weight excluding hydrogens is 582 g/mol. The number of halogens is 4. The van der Waals surface area contributed by atoms with Gasteiger partial charge in [-0.05, 0) is 72.6 Å². The normalized spacial score (nSPS) is 19.0. The highest BCUT2D eigenvalue weighted by Gasteiger charge is 2.33. The van der Waals surface area contributed by atoms with Crippen molar-refractivity contribution in [2.75, 3.05) is 13.1 Å². The van der Waals surface area contributed by atoms with Crippen LogP contribution < -0.4 is 10.0 Å². The third kappa shape index (κ3) is 8.01. The predicted molar refractivity (Wildman–Crippen MR) is 155 cm³/mol. The second-order valence-electron chi connectivity index (χ2n) is 11.3. The number of benzene rings is 3. The molecule has 230 valence electrons. The SMILES string of the molecule is O=C(C[C@@H](NS(=O)(=O)c1cccc(C(F)(F)F)c1)c1ccccc1)N[C@@H]1CCCc2cc(CN3CCC(F)CC3)ccc21. The van der Waals surface area contributed by atoms with Crippen LogP contribution in [0.2, 0.25) is 0 Å². The third-order valence-corrected chi connectivity index (χ3v) is 9.61. The number of carbonyl (C=O) groups excluding carboxylic acids is 1. The maximum absolute atomic E-state index is 13.5. The molecule has 2 aliphatic rings. The van der Waals surface area contributed by atoms with Crippen LogP contribution in [0, 0.1) is 0 Å². The highest BCUT2D eigenvalue weighted by molar-refractivity contribution is 7.89. The summed E-state index contributed by atoms with van der Waals surface area (Å²) < 4.78 is 82.1. The summed E-state index contributed by atoms with van der Waals surface area (Å²) >= 11 is 0. The number of hydrogen-bond acceptors (Lipinski definition) is 4. The van der Waals surface area contributed by atoms with Crippen LogP contribution in [0.25, 0.3) is 0 Å². The van der Waals surface area contributed by atoms with Gasteiger partial charge in [0.15, 0.2) is 0 Å². The number of carbonyl (C=O) groups is 1. The van der Waals surface area contributed by atoms with Gasteiger partial charge in [0.05, 0.1) is 22.5 Å². The number of rotatable bonds is 9. The average molecular weight is 618 g/mol. The smallest absolute Gasteiger partial charge is 0.349 e. The maximum Gasteiger partial charge on any atom is 0.416 e. The zero-order valence-corrected chi connectivity index (χ0v) is 24.4. The van der Waals surface area contributed by atoms with Crippen molar-refractivity contribution < 1.29 is 30.8 Å². The van der Waals surface area contributed by atoms with Crippen molar-refractivity contribution in [2.45, 2.75) is 74.4 Å². The monoisotopic (exact) mass is 617 g/mol. The minimum absolute atomic E-state index is 0.239. The molecule has 11 heteroatoms. The Labute approximate surface area is 249 Å². The molecule has 43 heavy (non-hydrogen) atoms. The van der Waals surface area contributed by atoms with Gasteiger partial charge in [-0.25, -0.2) is 17.5 Å². The summed E-state index contributed by atoms with van der Waals surface area (Å²) in [7, 11) is -4.39.